The Morgan fingerprint density at radius 3 is 2.45 bits per heavy atom. The summed E-state index contributed by atoms with van der Waals surface area (Å²) in [6, 6.07) is 14.8. The van der Waals surface area contributed by atoms with Crippen molar-refractivity contribution in [3.05, 3.63) is 64.1 Å². The number of aryl methyl sites for hydroxylation is 1. The lowest BCUT2D eigenvalue weighted by Gasteiger charge is -2.25. The van der Waals surface area contributed by atoms with Gasteiger partial charge in [0, 0.05) is 11.0 Å². The maximum atomic E-state index is 13.0. The molecule has 1 atom stereocenters. The molecule has 3 nitrogen and oxygen atoms in total. The first-order valence-electron chi connectivity index (χ1n) is 7.33. The number of halogens is 1. The molecule has 0 saturated carbocycles. The maximum Gasteiger partial charge on any atom is 0.243 e. The van der Waals surface area contributed by atoms with E-state index < -0.39 is 10.0 Å². The van der Waals surface area contributed by atoms with Crippen molar-refractivity contribution >= 4 is 26.0 Å². The van der Waals surface area contributed by atoms with E-state index in [1.165, 1.54) is 0 Å². The van der Waals surface area contributed by atoms with Crippen molar-refractivity contribution in [2.24, 2.45) is 0 Å². The summed E-state index contributed by atoms with van der Waals surface area (Å²) in [5, 5.41) is 0. The molecule has 1 heterocycles. The second-order valence-corrected chi connectivity index (χ2v) is 8.39. The summed E-state index contributed by atoms with van der Waals surface area (Å²) in [5.74, 6) is 0. The molecule has 1 aliphatic rings. The zero-order valence-corrected chi connectivity index (χ0v) is 14.8. The third-order valence-corrected chi connectivity index (χ3v) is 6.62. The molecule has 1 fully saturated rings. The largest absolute Gasteiger partial charge is 0.243 e. The molecule has 0 N–H and O–H groups in total. The van der Waals surface area contributed by atoms with Gasteiger partial charge in [-0.3, -0.25) is 0 Å². The van der Waals surface area contributed by atoms with E-state index in [4.69, 9.17) is 0 Å². The van der Waals surface area contributed by atoms with Crippen LogP contribution in [0, 0.1) is 6.92 Å². The van der Waals surface area contributed by atoms with Crippen molar-refractivity contribution in [3.8, 4) is 0 Å². The summed E-state index contributed by atoms with van der Waals surface area (Å²) >= 11 is 3.35. The molecule has 0 spiro atoms. The van der Waals surface area contributed by atoms with Crippen molar-refractivity contribution in [2.45, 2.75) is 30.7 Å². The Balaban J connectivity index is 1.99. The highest BCUT2D eigenvalue weighted by molar-refractivity contribution is 9.10. The number of sulfonamides is 1. The van der Waals surface area contributed by atoms with E-state index in [0.717, 1.165) is 28.4 Å². The Morgan fingerprint density at radius 1 is 1.09 bits per heavy atom. The predicted octanol–water partition coefficient (Wildman–Crippen LogP) is 4.28. The van der Waals surface area contributed by atoms with Gasteiger partial charge in [-0.15, -0.1) is 0 Å². The van der Waals surface area contributed by atoms with Crippen molar-refractivity contribution in [1.82, 2.24) is 4.31 Å². The molecule has 1 aliphatic heterocycles. The maximum absolute atomic E-state index is 13.0. The van der Waals surface area contributed by atoms with Crippen LogP contribution in [-0.2, 0) is 10.0 Å². The van der Waals surface area contributed by atoms with E-state index in [-0.39, 0.29) is 6.04 Å². The number of nitrogens with zero attached hydrogens (tertiary/aromatic N) is 1. The summed E-state index contributed by atoms with van der Waals surface area (Å²) in [6.07, 6.45) is 1.77. The lowest BCUT2D eigenvalue weighted by molar-refractivity contribution is 0.395. The first-order valence-corrected chi connectivity index (χ1v) is 9.56. The van der Waals surface area contributed by atoms with Crippen molar-refractivity contribution < 1.29 is 8.42 Å². The van der Waals surface area contributed by atoms with Crippen LogP contribution in [0.3, 0.4) is 0 Å². The molecule has 0 aliphatic carbocycles. The molecule has 1 saturated heterocycles. The molecule has 116 valence electrons. The predicted molar refractivity (Wildman–Crippen MR) is 91.2 cm³/mol. The molecule has 22 heavy (non-hydrogen) atoms. The van der Waals surface area contributed by atoms with Crippen LogP contribution in [0.1, 0.15) is 30.0 Å². The summed E-state index contributed by atoms with van der Waals surface area (Å²) in [5.41, 5.74) is 2.26. The second kappa shape index (κ2) is 6.14. The zero-order valence-electron chi connectivity index (χ0n) is 12.4. The summed E-state index contributed by atoms with van der Waals surface area (Å²) in [6.45, 7) is 2.62. The fraction of sp³-hybridized carbons (Fsp3) is 0.294. The molecule has 0 aromatic heterocycles. The highest BCUT2D eigenvalue weighted by atomic mass is 79.9. The highest BCUT2D eigenvalue weighted by Gasteiger charge is 2.36. The Kier molecular flexibility index (Phi) is 4.39. The van der Waals surface area contributed by atoms with Crippen LogP contribution in [0.5, 0.6) is 0 Å². The van der Waals surface area contributed by atoms with E-state index in [0.29, 0.717) is 11.4 Å². The lowest BCUT2D eigenvalue weighted by atomic mass is 10.0. The van der Waals surface area contributed by atoms with Crippen LogP contribution >= 0.6 is 15.9 Å². The normalized spacial score (nSPS) is 19.5. The van der Waals surface area contributed by atoms with Crippen LogP contribution in [0.25, 0.3) is 0 Å². The Hall–Kier alpha value is -1.17. The summed E-state index contributed by atoms with van der Waals surface area (Å²) in [7, 11) is -3.46. The minimum absolute atomic E-state index is 0.0603. The highest BCUT2D eigenvalue weighted by Crippen LogP contribution is 2.37. The molecule has 0 bridgehead atoms. The van der Waals surface area contributed by atoms with E-state index in [2.05, 4.69) is 15.9 Å². The van der Waals surface area contributed by atoms with Crippen LogP contribution in [0.15, 0.2) is 57.9 Å². The van der Waals surface area contributed by atoms with Crippen LogP contribution in [-0.4, -0.2) is 19.3 Å². The van der Waals surface area contributed by atoms with Crippen LogP contribution < -0.4 is 0 Å². The summed E-state index contributed by atoms with van der Waals surface area (Å²) in [4.78, 5) is 0.358. The Labute approximate surface area is 140 Å². The van der Waals surface area contributed by atoms with Crippen LogP contribution in [0.2, 0.25) is 0 Å². The average Bonchev–Trinajstić information content (AvgIpc) is 2.98. The van der Waals surface area contributed by atoms with Gasteiger partial charge in [-0.05, 0) is 55.2 Å². The zero-order chi connectivity index (χ0) is 15.7. The standard InChI is InChI=1S/C17H18BrNO2S/c1-13-5-2-3-6-16(13)17-7-4-12-19(17)22(20,21)15-10-8-14(18)9-11-15/h2-3,5-6,8-11,17H,4,7,12H2,1H3. The molecule has 0 radical (unpaired) electrons. The third-order valence-electron chi connectivity index (χ3n) is 4.17. The quantitative estimate of drug-likeness (QED) is 0.797. The molecular weight excluding hydrogens is 362 g/mol. The SMILES string of the molecule is Cc1ccccc1C1CCCN1S(=O)(=O)c1ccc(Br)cc1. The van der Waals surface area contributed by atoms with Gasteiger partial charge in [0.05, 0.1) is 10.9 Å². The van der Waals surface area contributed by atoms with Gasteiger partial charge in [0.25, 0.3) is 0 Å². The molecule has 2 aromatic carbocycles. The van der Waals surface area contributed by atoms with E-state index in [1.807, 2.05) is 31.2 Å². The first-order chi connectivity index (χ1) is 10.5. The minimum Gasteiger partial charge on any atom is -0.207 e. The number of hydrogen-bond acceptors (Lipinski definition) is 2. The second-order valence-electron chi connectivity index (χ2n) is 5.58. The van der Waals surface area contributed by atoms with E-state index in [9.17, 15) is 8.42 Å². The fourth-order valence-corrected chi connectivity index (χ4v) is 4.98. The molecule has 5 heteroatoms. The van der Waals surface area contributed by atoms with E-state index >= 15 is 0 Å². The minimum atomic E-state index is -3.46. The van der Waals surface area contributed by atoms with Gasteiger partial charge in [0.15, 0.2) is 0 Å². The van der Waals surface area contributed by atoms with Gasteiger partial charge in [-0.25, -0.2) is 8.42 Å². The van der Waals surface area contributed by atoms with Gasteiger partial charge in [0.1, 0.15) is 0 Å². The topological polar surface area (TPSA) is 37.4 Å². The van der Waals surface area contributed by atoms with Gasteiger partial charge in [0.2, 0.25) is 10.0 Å². The van der Waals surface area contributed by atoms with Gasteiger partial charge < -0.3 is 0 Å². The Bertz CT molecular complexity index is 772. The number of benzene rings is 2. The molecule has 2 aromatic rings. The van der Waals surface area contributed by atoms with Crippen molar-refractivity contribution in [2.75, 3.05) is 6.54 Å². The third kappa shape index (κ3) is 2.85. The molecular formula is C17H18BrNO2S. The summed E-state index contributed by atoms with van der Waals surface area (Å²) < 4.78 is 28.4. The molecule has 0 amide bonds. The average molecular weight is 380 g/mol. The van der Waals surface area contributed by atoms with Crippen molar-refractivity contribution in [3.63, 3.8) is 0 Å². The molecule has 1 unspecified atom stereocenters. The van der Waals surface area contributed by atoms with Gasteiger partial charge in [-0.2, -0.15) is 4.31 Å². The lowest BCUT2D eigenvalue weighted by Crippen LogP contribution is -2.31. The number of hydrogen-bond donors (Lipinski definition) is 0. The van der Waals surface area contributed by atoms with Gasteiger partial charge in [-0.1, -0.05) is 40.2 Å². The van der Waals surface area contributed by atoms with Crippen molar-refractivity contribution in [1.29, 1.82) is 0 Å². The van der Waals surface area contributed by atoms with Gasteiger partial charge >= 0.3 is 0 Å². The van der Waals surface area contributed by atoms with E-state index in [1.54, 1.807) is 28.6 Å². The number of rotatable bonds is 3. The van der Waals surface area contributed by atoms with Crippen LogP contribution in [0.4, 0.5) is 0 Å². The molecule has 3 rings (SSSR count). The smallest absolute Gasteiger partial charge is 0.207 e. The monoisotopic (exact) mass is 379 g/mol. The fourth-order valence-electron chi connectivity index (χ4n) is 3.04. The first kappa shape index (κ1) is 15.7. The Morgan fingerprint density at radius 2 is 1.77 bits per heavy atom.